The Labute approximate surface area is 112 Å². The number of fused-ring (bicyclic) bond motifs is 1. The van der Waals surface area contributed by atoms with E-state index in [1.54, 1.807) is 7.11 Å². The monoisotopic (exact) mass is 256 g/mol. The van der Waals surface area contributed by atoms with E-state index in [-0.39, 0.29) is 6.10 Å². The number of aliphatic hydroxyl groups excluding tert-OH is 1. The second kappa shape index (κ2) is 4.94. The summed E-state index contributed by atoms with van der Waals surface area (Å²) >= 11 is 0. The van der Waals surface area contributed by atoms with E-state index in [9.17, 15) is 5.11 Å². The van der Waals surface area contributed by atoms with Crippen molar-refractivity contribution in [1.82, 2.24) is 0 Å². The van der Waals surface area contributed by atoms with Crippen LogP contribution in [0.25, 0.3) is 0 Å². The van der Waals surface area contributed by atoms with E-state index in [0.29, 0.717) is 12.2 Å². The van der Waals surface area contributed by atoms with E-state index in [1.165, 1.54) is 0 Å². The number of benzene rings is 2. The predicted molar refractivity (Wildman–Crippen MR) is 72.4 cm³/mol. The fraction of sp³-hybridized carbons (Fsp3) is 0.250. The Balaban J connectivity index is 1.94. The largest absolute Gasteiger partial charge is 0.497 e. The summed E-state index contributed by atoms with van der Waals surface area (Å²) in [5.41, 5.74) is 1.91. The lowest BCUT2D eigenvalue weighted by Crippen LogP contribution is -2.19. The van der Waals surface area contributed by atoms with Gasteiger partial charge >= 0.3 is 0 Å². The van der Waals surface area contributed by atoms with Crippen LogP contribution in [0.5, 0.6) is 11.5 Å². The topological polar surface area (TPSA) is 38.7 Å². The molecule has 2 aromatic rings. The molecule has 1 aliphatic heterocycles. The van der Waals surface area contributed by atoms with E-state index in [2.05, 4.69) is 0 Å². The molecule has 0 aromatic heterocycles. The molecule has 0 bridgehead atoms. The van der Waals surface area contributed by atoms with Crippen LogP contribution in [0.2, 0.25) is 0 Å². The van der Waals surface area contributed by atoms with Crippen molar-refractivity contribution in [2.24, 2.45) is 0 Å². The first-order valence-corrected chi connectivity index (χ1v) is 6.35. The lowest BCUT2D eigenvalue weighted by molar-refractivity contribution is 0.0655. The SMILES string of the molecule is COc1ccc2c(c1)OC(c1ccccc1)C[C@@H]2O. The zero-order valence-corrected chi connectivity index (χ0v) is 10.7. The molecule has 2 aromatic carbocycles. The molecule has 1 unspecified atom stereocenters. The second-order valence-corrected chi connectivity index (χ2v) is 4.67. The summed E-state index contributed by atoms with van der Waals surface area (Å²) in [6.45, 7) is 0. The highest BCUT2D eigenvalue weighted by molar-refractivity contribution is 5.44. The third-order valence-corrected chi connectivity index (χ3v) is 3.46. The molecular weight excluding hydrogens is 240 g/mol. The number of hydrogen-bond donors (Lipinski definition) is 1. The normalized spacial score (nSPS) is 21.4. The first-order valence-electron chi connectivity index (χ1n) is 6.35. The minimum Gasteiger partial charge on any atom is -0.497 e. The van der Waals surface area contributed by atoms with E-state index < -0.39 is 6.10 Å². The molecule has 0 fully saturated rings. The molecular formula is C16H16O3. The van der Waals surface area contributed by atoms with Crippen molar-refractivity contribution in [3.8, 4) is 11.5 Å². The quantitative estimate of drug-likeness (QED) is 0.896. The van der Waals surface area contributed by atoms with Crippen LogP contribution in [0.4, 0.5) is 0 Å². The highest BCUT2D eigenvalue weighted by Gasteiger charge is 2.28. The molecule has 0 saturated carbocycles. The summed E-state index contributed by atoms with van der Waals surface area (Å²) in [5, 5.41) is 10.2. The smallest absolute Gasteiger partial charge is 0.129 e. The maximum Gasteiger partial charge on any atom is 0.129 e. The number of ether oxygens (including phenoxy) is 2. The summed E-state index contributed by atoms with van der Waals surface area (Å²) in [5.74, 6) is 1.44. The molecule has 1 N–H and O–H groups in total. The highest BCUT2D eigenvalue weighted by Crippen LogP contribution is 2.42. The van der Waals surface area contributed by atoms with Gasteiger partial charge in [0.05, 0.1) is 13.2 Å². The van der Waals surface area contributed by atoms with Crippen LogP contribution in [-0.4, -0.2) is 12.2 Å². The highest BCUT2D eigenvalue weighted by atomic mass is 16.5. The molecule has 1 aliphatic rings. The molecule has 3 nitrogen and oxygen atoms in total. The minimum atomic E-state index is -0.500. The summed E-state index contributed by atoms with van der Waals surface area (Å²) in [4.78, 5) is 0. The molecule has 2 atom stereocenters. The van der Waals surface area contributed by atoms with Crippen LogP contribution < -0.4 is 9.47 Å². The van der Waals surface area contributed by atoms with Crippen LogP contribution in [0.3, 0.4) is 0 Å². The van der Waals surface area contributed by atoms with Crippen LogP contribution in [-0.2, 0) is 0 Å². The van der Waals surface area contributed by atoms with E-state index in [1.807, 2.05) is 48.5 Å². The number of rotatable bonds is 2. The van der Waals surface area contributed by atoms with Crippen molar-refractivity contribution in [2.45, 2.75) is 18.6 Å². The number of hydrogen-bond acceptors (Lipinski definition) is 3. The zero-order chi connectivity index (χ0) is 13.2. The van der Waals surface area contributed by atoms with E-state index >= 15 is 0 Å². The van der Waals surface area contributed by atoms with Crippen LogP contribution in [0.15, 0.2) is 48.5 Å². The maximum absolute atomic E-state index is 10.2. The van der Waals surface area contributed by atoms with Gasteiger partial charge in [-0.15, -0.1) is 0 Å². The van der Waals surface area contributed by atoms with Crippen molar-refractivity contribution in [3.63, 3.8) is 0 Å². The minimum absolute atomic E-state index is 0.115. The standard InChI is InChI=1S/C16H16O3/c1-18-12-7-8-13-14(17)10-15(19-16(13)9-12)11-5-3-2-4-6-11/h2-9,14-15,17H,10H2,1H3/t14-,15?/m0/s1. The van der Waals surface area contributed by atoms with Gasteiger partial charge in [0.2, 0.25) is 0 Å². The molecule has 0 amide bonds. The second-order valence-electron chi connectivity index (χ2n) is 4.67. The molecule has 3 rings (SSSR count). The van der Waals surface area contributed by atoms with E-state index in [4.69, 9.17) is 9.47 Å². The summed E-state index contributed by atoms with van der Waals surface area (Å²) in [6, 6.07) is 15.5. The van der Waals surface area contributed by atoms with Gasteiger partial charge in [-0.2, -0.15) is 0 Å². The third-order valence-electron chi connectivity index (χ3n) is 3.46. The maximum atomic E-state index is 10.2. The zero-order valence-electron chi connectivity index (χ0n) is 10.7. The summed E-state index contributed by atoms with van der Waals surface area (Å²) < 4.78 is 11.2. The van der Waals surface area contributed by atoms with Gasteiger partial charge in [-0.3, -0.25) is 0 Å². The van der Waals surface area contributed by atoms with Crippen molar-refractivity contribution in [1.29, 1.82) is 0 Å². The van der Waals surface area contributed by atoms with Gasteiger partial charge in [0.25, 0.3) is 0 Å². The van der Waals surface area contributed by atoms with Crippen LogP contribution in [0.1, 0.15) is 29.8 Å². The van der Waals surface area contributed by atoms with Crippen molar-refractivity contribution >= 4 is 0 Å². The van der Waals surface area contributed by atoms with E-state index in [0.717, 1.165) is 16.9 Å². The molecule has 0 saturated heterocycles. The van der Waals surface area contributed by atoms with Gasteiger partial charge in [-0.25, -0.2) is 0 Å². The third kappa shape index (κ3) is 2.29. The average molecular weight is 256 g/mol. The Bertz CT molecular complexity index is 565. The molecule has 0 spiro atoms. The van der Waals surface area contributed by atoms with Crippen LogP contribution in [0, 0.1) is 0 Å². The average Bonchev–Trinajstić information content (AvgIpc) is 2.47. The Morgan fingerprint density at radius 2 is 1.95 bits per heavy atom. The summed E-state index contributed by atoms with van der Waals surface area (Å²) in [6.07, 6.45) is -0.0424. The van der Waals surface area contributed by atoms with Crippen molar-refractivity contribution < 1.29 is 14.6 Å². The van der Waals surface area contributed by atoms with Crippen molar-refractivity contribution in [2.75, 3.05) is 7.11 Å². The Morgan fingerprint density at radius 1 is 1.16 bits per heavy atom. The van der Waals surface area contributed by atoms with Gasteiger partial charge < -0.3 is 14.6 Å². The molecule has 3 heteroatoms. The Kier molecular flexibility index (Phi) is 3.13. The van der Waals surface area contributed by atoms with Gasteiger partial charge in [0.15, 0.2) is 0 Å². The Morgan fingerprint density at radius 3 is 2.68 bits per heavy atom. The molecule has 0 radical (unpaired) electrons. The first kappa shape index (κ1) is 12.1. The molecule has 0 aliphatic carbocycles. The van der Waals surface area contributed by atoms with Gasteiger partial charge in [-0.1, -0.05) is 30.3 Å². The number of aliphatic hydroxyl groups is 1. The molecule has 19 heavy (non-hydrogen) atoms. The lowest BCUT2D eigenvalue weighted by Gasteiger charge is -2.30. The fourth-order valence-electron chi connectivity index (χ4n) is 2.42. The molecule has 1 heterocycles. The van der Waals surface area contributed by atoms with Gasteiger partial charge in [0, 0.05) is 18.1 Å². The fourth-order valence-corrected chi connectivity index (χ4v) is 2.42. The Hall–Kier alpha value is -2.00. The lowest BCUT2D eigenvalue weighted by atomic mass is 9.95. The van der Waals surface area contributed by atoms with Gasteiger partial charge in [0.1, 0.15) is 17.6 Å². The first-order chi connectivity index (χ1) is 9.28. The van der Waals surface area contributed by atoms with Crippen LogP contribution >= 0.6 is 0 Å². The summed E-state index contributed by atoms with van der Waals surface area (Å²) in [7, 11) is 1.62. The number of methoxy groups -OCH3 is 1. The molecule has 98 valence electrons. The predicted octanol–water partition coefficient (Wildman–Crippen LogP) is 3.25. The van der Waals surface area contributed by atoms with Gasteiger partial charge in [-0.05, 0) is 17.7 Å². The van der Waals surface area contributed by atoms with Crippen molar-refractivity contribution in [3.05, 3.63) is 59.7 Å².